The quantitative estimate of drug-likeness (QED) is 0.677. The minimum atomic E-state index is -0.225. The van der Waals surface area contributed by atoms with E-state index in [1.165, 1.54) is 0 Å². The average Bonchev–Trinajstić information content (AvgIpc) is 3.04. The Morgan fingerprint density at radius 1 is 1.25 bits per heavy atom. The summed E-state index contributed by atoms with van der Waals surface area (Å²) in [4.78, 5) is 27.4. The van der Waals surface area contributed by atoms with Crippen LogP contribution in [0.1, 0.15) is 28.4 Å². The molecule has 0 radical (unpaired) electrons. The van der Waals surface area contributed by atoms with Crippen LogP contribution in [0.25, 0.3) is 0 Å². The van der Waals surface area contributed by atoms with Crippen molar-refractivity contribution in [2.75, 3.05) is 6.54 Å². The summed E-state index contributed by atoms with van der Waals surface area (Å²) < 4.78 is 0. The number of H-pyrrole nitrogens is 1. The maximum Gasteiger partial charge on any atom is 0.253 e. The first-order valence-electron chi connectivity index (χ1n) is 8.06. The Bertz CT molecular complexity index is 785. The van der Waals surface area contributed by atoms with Crippen LogP contribution in [0.4, 0.5) is 0 Å². The maximum atomic E-state index is 12.6. The molecule has 1 aromatic heterocycles. The number of pyridine rings is 1. The van der Waals surface area contributed by atoms with E-state index in [2.05, 4.69) is 21.2 Å². The number of amides is 1. The number of nitrogens with one attached hydrogen (secondary N) is 4. The Morgan fingerprint density at radius 3 is 2.71 bits per heavy atom. The van der Waals surface area contributed by atoms with Crippen molar-refractivity contribution >= 4 is 5.91 Å². The van der Waals surface area contributed by atoms with Gasteiger partial charge in [-0.1, -0.05) is 30.3 Å². The standard InChI is InChI=1S/C18H22N4O2/c1-11-8-12(2)21-18(24)14(11)9-19-17(23)15-10-20-22-16(15)13-6-4-3-5-7-13/h3-8,15-16,20,22H,9-10H2,1-2H3,(H,19,23)(H,21,24). The number of carbonyl (C=O) groups is 1. The zero-order valence-electron chi connectivity index (χ0n) is 13.8. The third kappa shape index (κ3) is 3.39. The molecule has 2 unspecified atom stereocenters. The first-order valence-corrected chi connectivity index (χ1v) is 8.06. The van der Waals surface area contributed by atoms with Crippen molar-refractivity contribution < 1.29 is 4.79 Å². The summed E-state index contributed by atoms with van der Waals surface area (Å²) in [6.07, 6.45) is 0. The van der Waals surface area contributed by atoms with Gasteiger partial charge in [0.2, 0.25) is 5.91 Å². The van der Waals surface area contributed by atoms with Crippen LogP contribution < -0.4 is 21.7 Å². The van der Waals surface area contributed by atoms with Crippen molar-refractivity contribution in [3.63, 3.8) is 0 Å². The highest BCUT2D eigenvalue weighted by Gasteiger charge is 2.33. The monoisotopic (exact) mass is 326 g/mol. The molecule has 1 fully saturated rings. The van der Waals surface area contributed by atoms with Gasteiger partial charge in [0.15, 0.2) is 0 Å². The molecule has 0 aliphatic carbocycles. The van der Waals surface area contributed by atoms with Crippen LogP contribution in [0.3, 0.4) is 0 Å². The van der Waals surface area contributed by atoms with Crippen LogP contribution in [0.15, 0.2) is 41.2 Å². The molecule has 0 saturated carbocycles. The van der Waals surface area contributed by atoms with Crippen molar-refractivity contribution in [1.82, 2.24) is 21.2 Å². The number of aromatic nitrogens is 1. The molecule has 2 aromatic rings. The lowest BCUT2D eigenvalue weighted by molar-refractivity contribution is -0.125. The summed E-state index contributed by atoms with van der Waals surface area (Å²) in [6, 6.07) is 11.7. The normalized spacial score (nSPS) is 20.1. The zero-order chi connectivity index (χ0) is 17.1. The van der Waals surface area contributed by atoms with E-state index < -0.39 is 0 Å². The number of hydrogen-bond donors (Lipinski definition) is 4. The van der Waals surface area contributed by atoms with Gasteiger partial charge in [-0.2, -0.15) is 0 Å². The molecule has 6 heteroatoms. The van der Waals surface area contributed by atoms with Crippen molar-refractivity contribution in [2.24, 2.45) is 5.92 Å². The van der Waals surface area contributed by atoms with E-state index >= 15 is 0 Å². The summed E-state index contributed by atoms with van der Waals surface area (Å²) in [5.41, 5.74) is 9.43. The number of aryl methyl sites for hydroxylation is 2. The molecule has 4 N–H and O–H groups in total. The molecular weight excluding hydrogens is 304 g/mol. The summed E-state index contributed by atoms with van der Waals surface area (Å²) in [5, 5.41) is 2.90. The fourth-order valence-corrected chi connectivity index (χ4v) is 3.13. The van der Waals surface area contributed by atoms with Crippen LogP contribution in [-0.4, -0.2) is 17.4 Å². The lowest BCUT2D eigenvalue weighted by Crippen LogP contribution is -2.36. The second kappa shape index (κ2) is 6.98. The van der Waals surface area contributed by atoms with E-state index in [1.54, 1.807) is 0 Å². The predicted molar refractivity (Wildman–Crippen MR) is 92.2 cm³/mol. The second-order valence-corrected chi connectivity index (χ2v) is 6.18. The van der Waals surface area contributed by atoms with Crippen LogP contribution in [0.2, 0.25) is 0 Å². The van der Waals surface area contributed by atoms with Crippen LogP contribution in [0, 0.1) is 19.8 Å². The van der Waals surface area contributed by atoms with E-state index in [1.807, 2.05) is 50.2 Å². The van der Waals surface area contributed by atoms with Gasteiger partial charge in [0.05, 0.1) is 12.0 Å². The van der Waals surface area contributed by atoms with Gasteiger partial charge < -0.3 is 10.3 Å². The Morgan fingerprint density at radius 2 is 2.00 bits per heavy atom. The lowest BCUT2D eigenvalue weighted by atomic mass is 9.94. The maximum absolute atomic E-state index is 12.6. The Hall–Kier alpha value is -2.44. The smallest absolute Gasteiger partial charge is 0.253 e. The number of benzene rings is 1. The van der Waals surface area contributed by atoms with Crippen molar-refractivity contribution in [3.8, 4) is 0 Å². The highest BCUT2D eigenvalue weighted by Crippen LogP contribution is 2.24. The second-order valence-electron chi connectivity index (χ2n) is 6.18. The number of hydrazine groups is 1. The summed E-state index contributed by atoms with van der Waals surface area (Å²) in [6.45, 7) is 4.51. The third-order valence-electron chi connectivity index (χ3n) is 4.41. The largest absolute Gasteiger partial charge is 0.351 e. The highest BCUT2D eigenvalue weighted by molar-refractivity contribution is 5.80. The lowest BCUT2D eigenvalue weighted by Gasteiger charge is -2.18. The number of carbonyl (C=O) groups excluding carboxylic acids is 1. The number of hydrogen-bond acceptors (Lipinski definition) is 4. The van der Waals surface area contributed by atoms with Gasteiger partial charge in [-0.05, 0) is 31.0 Å². The van der Waals surface area contributed by atoms with Gasteiger partial charge in [0, 0.05) is 24.3 Å². The number of aromatic amines is 1. The molecule has 6 nitrogen and oxygen atoms in total. The molecule has 0 spiro atoms. The van der Waals surface area contributed by atoms with Crippen molar-refractivity contribution in [3.05, 3.63) is 69.1 Å². The molecule has 24 heavy (non-hydrogen) atoms. The topological polar surface area (TPSA) is 86.0 Å². The number of rotatable bonds is 4. The SMILES string of the molecule is Cc1cc(C)c(CNC(=O)C2CNNC2c2ccccc2)c(=O)[nH]1. The van der Waals surface area contributed by atoms with Gasteiger partial charge in [-0.15, -0.1) is 0 Å². The molecule has 1 aliphatic rings. The first-order chi connectivity index (χ1) is 11.6. The summed E-state index contributed by atoms with van der Waals surface area (Å²) in [5.74, 6) is -0.294. The van der Waals surface area contributed by atoms with E-state index in [9.17, 15) is 9.59 Å². The Labute approximate surface area is 140 Å². The van der Waals surface area contributed by atoms with Crippen LogP contribution in [0.5, 0.6) is 0 Å². The molecule has 1 amide bonds. The van der Waals surface area contributed by atoms with E-state index in [4.69, 9.17) is 0 Å². The van der Waals surface area contributed by atoms with Gasteiger partial charge in [-0.3, -0.25) is 15.0 Å². The molecule has 3 rings (SSSR count). The van der Waals surface area contributed by atoms with Crippen LogP contribution in [-0.2, 0) is 11.3 Å². The first kappa shape index (κ1) is 16.4. The summed E-state index contributed by atoms with van der Waals surface area (Å²) >= 11 is 0. The Balaban J connectivity index is 1.70. The minimum Gasteiger partial charge on any atom is -0.351 e. The predicted octanol–water partition coefficient (Wildman–Crippen LogP) is 1.07. The van der Waals surface area contributed by atoms with Gasteiger partial charge in [-0.25, -0.2) is 5.43 Å². The fraction of sp³-hybridized carbons (Fsp3) is 0.333. The van der Waals surface area contributed by atoms with E-state index in [-0.39, 0.29) is 30.0 Å². The van der Waals surface area contributed by atoms with Gasteiger partial charge in [0.1, 0.15) is 0 Å². The fourth-order valence-electron chi connectivity index (χ4n) is 3.13. The molecule has 0 bridgehead atoms. The van der Waals surface area contributed by atoms with E-state index in [0.29, 0.717) is 12.1 Å². The van der Waals surface area contributed by atoms with Crippen molar-refractivity contribution in [1.29, 1.82) is 0 Å². The minimum absolute atomic E-state index is 0.0688. The van der Waals surface area contributed by atoms with E-state index in [0.717, 1.165) is 16.8 Å². The summed E-state index contributed by atoms with van der Waals surface area (Å²) in [7, 11) is 0. The van der Waals surface area contributed by atoms with Gasteiger partial charge in [0.25, 0.3) is 5.56 Å². The molecule has 1 saturated heterocycles. The molecule has 2 heterocycles. The van der Waals surface area contributed by atoms with Gasteiger partial charge >= 0.3 is 0 Å². The van der Waals surface area contributed by atoms with Crippen molar-refractivity contribution in [2.45, 2.75) is 26.4 Å². The molecule has 1 aromatic carbocycles. The zero-order valence-corrected chi connectivity index (χ0v) is 13.8. The highest BCUT2D eigenvalue weighted by atomic mass is 16.2. The molecule has 126 valence electrons. The van der Waals surface area contributed by atoms with Crippen LogP contribution >= 0.6 is 0 Å². The molecule has 2 atom stereocenters. The third-order valence-corrected chi connectivity index (χ3v) is 4.41. The Kier molecular flexibility index (Phi) is 4.78. The molecular formula is C18H22N4O2. The molecule has 1 aliphatic heterocycles. The average molecular weight is 326 g/mol.